The van der Waals surface area contributed by atoms with Gasteiger partial charge in [-0.1, -0.05) is 24.3 Å². The Morgan fingerprint density at radius 2 is 1.83 bits per heavy atom. The number of ether oxygens (including phenoxy) is 1. The summed E-state index contributed by atoms with van der Waals surface area (Å²) in [7, 11) is 0. The van der Waals surface area contributed by atoms with Crippen molar-refractivity contribution in [2.24, 2.45) is 5.92 Å². The summed E-state index contributed by atoms with van der Waals surface area (Å²) in [6, 6.07) is 11.5. The number of piperidine rings is 1. The number of rotatable bonds is 4. The van der Waals surface area contributed by atoms with Crippen molar-refractivity contribution in [3.8, 4) is 0 Å². The number of nitrogens with zero attached hydrogens (tertiary/aromatic N) is 2. The van der Waals surface area contributed by atoms with Gasteiger partial charge in [0.1, 0.15) is 0 Å². The first-order chi connectivity index (χ1) is 14.0. The number of amides is 2. The van der Waals surface area contributed by atoms with Crippen molar-refractivity contribution in [3.63, 3.8) is 0 Å². The molecule has 3 heterocycles. The van der Waals surface area contributed by atoms with Gasteiger partial charge in [0.2, 0.25) is 0 Å². The normalized spacial score (nSPS) is 17.7. The minimum atomic E-state index is -0.820. The van der Waals surface area contributed by atoms with Gasteiger partial charge in [-0.15, -0.1) is 11.3 Å². The van der Waals surface area contributed by atoms with Crippen LogP contribution in [0.15, 0.2) is 41.8 Å². The molecule has 0 unspecified atom stereocenters. The lowest BCUT2D eigenvalue weighted by atomic mass is 9.97. The average molecular weight is 413 g/mol. The molecule has 29 heavy (non-hydrogen) atoms. The van der Waals surface area contributed by atoms with Crippen LogP contribution >= 0.6 is 11.3 Å². The minimum absolute atomic E-state index is 0.0167. The zero-order valence-corrected chi connectivity index (χ0v) is 17.2. The number of fused-ring (bicyclic) bond motifs is 1. The van der Waals surface area contributed by atoms with Crippen LogP contribution in [0, 0.1) is 5.92 Å². The van der Waals surface area contributed by atoms with E-state index in [9.17, 15) is 14.4 Å². The number of para-hydroxylation sites is 1. The fourth-order valence-corrected chi connectivity index (χ4v) is 4.67. The summed E-state index contributed by atoms with van der Waals surface area (Å²) in [4.78, 5) is 42.0. The zero-order valence-electron chi connectivity index (χ0n) is 16.4. The first-order valence-corrected chi connectivity index (χ1v) is 10.8. The molecule has 0 saturated carbocycles. The second-order valence-corrected chi connectivity index (χ2v) is 8.44. The Labute approximate surface area is 174 Å². The van der Waals surface area contributed by atoms with E-state index in [1.165, 1.54) is 11.3 Å². The lowest BCUT2D eigenvalue weighted by Crippen LogP contribution is -2.43. The third-order valence-electron chi connectivity index (χ3n) is 5.64. The van der Waals surface area contributed by atoms with Crippen LogP contribution in [-0.4, -0.2) is 48.4 Å². The average Bonchev–Trinajstić information content (AvgIpc) is 3.43. The number of carbonyl (C=O) groups excluding carboxylic acids is 3. The summed E-state index contributed by atoms with van der Waals surface area (Å²) in [5, 5.41) is 1.88. The predicted molar refractivity (Wildman–Crippen MR) is 111 cm³/mol. The topological polar surface area (TPSA) is 66.9 Å². The third-order valence-corrected chi connectivity index (χ3v) is 6.50. The number of hydrogen-bond acceptors (Lipinski definition) is 5. The van der Waals surface area contributed by atoms with Crippen LogP contribution < -0.4 is 4.90 Å². The lowest BCUT2D eigenvalue weighted by molar-refractivity contribution is -0.159. The number of likely N-dealkylation sites (tertiary alicyclic amines) is 1. The van der Waals surface area contributed by atoms with E-state index in [2.05, 4.69) is 0 Å². The molecule has 1 aromatic heterocycles. The number of esters is 1. The van der Waals surface area contributed by atoms with Gasteiger partial charge in [-0.05, 0) is 49.3 Å². The second kappa shape index (κ2) is 8.37. The second-order valence-electron chi connectivity index (χ2n) is 7.49. The Hall–Kier alpha value is -2.67. The fraction of sp³-hybridized carbons (Fsp3) is 0.409. The van der Waals surface area contributed by atoms with Crippen LogP contribution in [0.1, 0.15) is 35.0 Å². The lowest BCUT2D eigenvalue weighted by Gasteiger charge is -2.31. The molecule has 2 aliphatic heterocycles. The predicted octanol–water partition coefficient (Wildman–Crippen LogP) is 3.12. The highest BCUT2D eigenvalue weighted by atomic mass is 32.1. The summed E-state index contributed by atoms with van der Waals surface area (Å²) < 4.78 is 5.52. The quantitative estimate of drug-likeness (QED) is 0.724. The van der Waals surface area contributed by atoms with Crippen molar-refractivity contribution >= 4 is 34.8 Å². The molecule has 6 nitrogen and oxygen atoms in total. The van der Waals surface area contributed by atoms with Gasteiger partial charge in [0.15, 0.2) is 6.10 Å². The van der Waals surface area contributed by atoms with E-state index in [0.717, 1.165) is 22.5 Å². The molecule has 7 heteroatoms. The molecule has 2 aromatic rings. The molecule has 1 saturated heterocycles. The molecule has 0 aliphatic carbocycles. The Bertz CT molecular complexity index is 903. The van der Waals surface area contributed by atoms with Gasteiger partial charge in [0.25, 0.3) is 11.8 Å². The van der Waals surface area contributed by atoms with E-state index >= 15 is 0 Å². The Balaban J connectivity index is 1.30. The summed E-state index contributed by atoms with van der Waals surface area (Å²) in [5.74, 6) is -0.790. The van der Waals surface area contributed by atoms with E-state index in [1.807, 2.05) is 41.8 Å². The molecule has 2 amide bonds. The maximum absolute atomic E-state index is 12.8. The SMILES string of the molecule is C[C@@H](OC(=O)C1CCN(C(=O)c2cccs2)CC1)C(=O)N1CCc2ccccc21. The summed E-state index contributed by atoms with van der Waals surface area (Å²) >= 11 is 1.43. The van der Waals surface area contributed by atoms with Crippen LogP contribution in [0.4, 0.5) is 5.69 Å². The first-order valence-electron chi connectivity index (χ1n) is 9.97. The number of benzene rings is 1. The van der Waals surface area contributed by atoms with Crippen molar-refractivity contribution in [3.05, 3.63) is 52.2 Å². The van der Waals surface area contributed by atoms with E-state index in [4.69, 9.17) is 4.74 Å². The number of anilines is 1. The Morgan fingerprint density at radius 3 is 2.55 bits per heavy atom. The van der Waals surface area contributed by atoms with Gasteiger partial charge in [-0.2, -0.15) is 0 Å². The van der Waals surface area contributed by atoms with Gasteiger partial charge < -0.3 is 14.5 Å². The number of carbonyl (C=O) groups is 3. The molecular weight excluding hydrogens is 388 g/mol. The maximum atomic E-state index is 12.8. The Morgan fingerprint density at radius 1 is 1.07 bits per heavy atom. The summed E-state index contributed by atoms with van der Waals surface area (Å²) in [5.41, 5.74) is 2.04. The van der Waals surface area contributed by atoms with Gasteiger partial charge in [-0.25, -0.2) is 0 Å². The van der Waals surface area contributed by atoms with Gasteiger partial charge in [-0.3, -0.25) is 14.4 Å². The molecule has 0 radical (unpaired) electrons. The van der Waals surface area contributed by atoms with Gasteiger partial charge in [0, 0.05) is 25.3 Å². The molecule has 4 rings (SSSR count). The molecule has 0 spiro atoms. The smallest absolute Gasteiger partial charge is 0.309 e. The largest absolute Gasteiger partial charge is 0.452 e. The molecule has 1 aromatic carbocycles. The van der Waals surface area contributed by atoms with Crippen LogP contribution in [0.3, 0.4) is 0 Å². The molecule has 2 aliphatic rings. The molecule has 0 N–H and O–H groups in total. The number of thiophene rings is 1. The monoisotopic (exact) mass is 412 g/mol. The highest BCUT2D eigenvalue weighted by Gasteiger charge is 2.33. The van der Waals surface area contributed by atoms with Crippen molar-refractivity contribution in [1.29, 1.82) is 0 Å². The highest BCUT2D eigenvalue weighted by molar-refractivity contribution is 7.12. The molecule has 152 valence electrons. The zero-order chi connectivity index (χ0) is 20.4. The van der Waals surface area contributed by atoms with Crippen LogP contribution in [-0.2, 0) is 20.7 Å². The third kappa shape index (κ3) is 4.05. The van der Waals surface area contributed by atoms with E-state index in [1.54, 1.807) is 16.7 Å². The first kappa shape index (κ1) is 19.6. The minimum Gasteiger partial charge on any atom is -0.452 e. The molecule has 1 atom stereocenters. The van der Waals surface area contributed by atoms with Crippen molar-refractivity contribution in [1.82, 2.24) is 4.90 Å². The van der Waals surface area contributed by atoms with Crippen LogP contribution in [0.25, 0.3) is 0 Å². The van der Waals surface area contributed by atoms with Crippen molar-refractivity contribution < 1.29 is 19.1 Å². The van der Waals surface area contributed by atoms with E-state index in [0.29, 0.717) is 32.5 Å². The van der Waals surface area contributed by atoms with Crippen molar-refractivity contribution in [2.45, 2.75) is 32.3 Å². The van der Waals surface area contributed by atoms with E-state index < -0.39 is 6.10 Å². The van der Waals surface area contributed by atoms with Gasteiger partial charge in [0.05, 0.1) is 10.8 Å². The summed E-state index contributed by atoms with van der Waals surface area (Å²) in [6.07, 6.45) is 1.12. The van der Waals surface area contributed by atoms with Crippen LogP contribution in [0.2, 0.25) is 0 Å². The summed E-state index contributed by atoms with van der Waals surface area (Å²) in [6.45, 7) is 3.30. The standard InChI is InChI=1S/C22H24N2O4S/c1-15(20(25)24-13-10-16-5-2-3-6-18(16)24)28-22(27)17-8-11-23(12-9-17)21(26)19-7-4-14-29-19/h2-7,14-15,17H,8-13H2,1H3/t15-/m1/s1. The maximum Gasteiger partial charge on any atom is 0.309 e. The van der Waals surface area contributed by atoms with Crippen molar-refractivity contribution in [2.75, 3.05) is 24.5 Å². The highest BCUT2D eigenvalue weighted by Crippen LogP contribution is 2.29. The molecular formula is C22H24N2O4S. The van der Waals surface area contributed by atoms with Crippen LogP contribution in [0.5, 0.6) is 0 Å². The molecule has 0 bridgehead atoms. The van der Waals surface area contributed by atoms with Gasteiger partial charge >= 0.3 is 5.97 Å². The molecule has 1 fully saturated rings. The fourth-order valence-electron chi connectivity index (χ4n) is 3.98. The number of hydrogen-bond donors (Lipinski definition) is 0. The van der Waals surface area contributed by atoms with E-state index in [-0.39, 0.29) is 23.7 Å². The Kier molecular flexibility index (Phi) is 5.67.